The van der Waals surface area contributed by atoms with E-state index in [1.807, 2.05) is 0 Å². The van der Waals surface area contributed by atoms with Crippen molar-refractivity contribution in [2.24, 2.45) is 0 Å². The van der Waals surface area contributed by atoms with Crippen molar-refractivity contribution in [3.63, 3.8) is 0 Å². The SMILES string of the molecule is CCP(I)C(c1ccccc1)(c1ccccc1)c1ccccc1. The van der Waals surface area contributed by atoms with Gasteiger partial charge in [-0.25, -0.2) is 0 Å². The van der Waals surface area contributed by atoms with Crippen LogP contribution in [0.4, 0.5) is 0 Å². The number of hydrogen-bond donors (Lipinski definition) is 0. The second kappa shape index (κ2) is 7.59. The average Bonchev–Trinajstić information content (AvgIpc) is 2.65. The van der Waals surface area contributed by atoms with Gasteiger partial charge in [0.25, 0.3) is 0 Å². The van der Waals surface area contributed by atoms with Crippen molar-refractivity contribution in [3.05, 3.63) is 108 Å². The van der Waals surface area contributed by atoms with Gasteiger partial charge in [0.2, 0.25) is 0 Å². The summed E-state index contributed by atoms with van der Waals surface area (Å²) in [6, 6.07) is 32.9. The fourth-order valence-corrected chi connectivity index (χ4v) is 7.46. The van der Waals surface area contributed by atoms with Crippen LogP contribution in [-0.2, 0) is 5.16 Å². The normalized spacial score (nSPS) is 12.8. The fourth-order valence-electron chi connectivity index (χ4n) is 3.20. The maximum absolute atomic E-state index is 2.70. The molecule has 0 amide bonds. The smallest absolute Gasteiger partial charge is 0.0622 e. The maximum Gasteiger partial charge on any atom is 0.0742 e. The zero-order valence-corrected chi connectivity index (χ0v) is 16.2. The van der Waals surface area contributed by atoms with Crippen molar-refractivity contribution in [2.45, 2.75) is 12.1 Å². The number of benzene rings is 3. The Bertz CT molecular complexity index is 629. The molecule has 3 aromatic carbocycles. The molecule has 1 atom stereocenters. The molecule has 1 unspecified atom stereocenters. The molecule has 0 heterocycles. The Morgan fingerprint density at radius 1 is 0.652 bits per heavy atom. The molecule has 3 aromatic rings. The van der Waals surface area contributed by atoms with E-state index >= 15 is 0 Å². The van der Waals surface area contributed by atoms with Crippen molar-refractivity contribution in [1.82, 2.24) is 0 Å². The summed E-state index contributed by atoms with van der Waals surface area (Å²) in [5.74, 6) is 0. The van der Waals surface area contributed by atoms with Crippen molar-refractivity contribution < 1.29 is 0 Å². The molecule has 23 heavy (non-hydrogen) atoms. The highest BCUT2D eigenvalue weighted by molar-refractivity contribution is 14.2. The van der Waals surface area contributed by atoms with Crippen LogP contribution >= 0.6 is 27.6 Å². The number of halogens is 1. The van der Waals surface area contributed by atoms with Crippen LogP contribution in [0, 0.1) is 0 Å². The first-order chi connectivity index (χ1) is 11.3. The van der Waals surface area contributed by atoms with Gasteiger partial charge in [0.15, 0.2) is 0 Å². The zero-order chi connectivity index (χ0) is 16.1. The predicted molar refractivity (Wildman–Crippen MR) is 111 cm³/mol. The summed E-state index contributed by atoms with van der Waals surface area (Å²) in [5.41, 5.74) is 3.88. The van der Waals surface area contributed by atoms with Crippen LogP contribution in [0.2, 0.25) is 0 Å². The second-order valence-corrected chi connectivity index (χ2v) is 11.0. The molecule has 0 radical (unpaired) electrons. The summed E-state index contributed by atoms with van der Waals surface area (Å²) < 4.78 is 0. The summed E-state index contributed by atoms with van der Waals surface area (Å²) in [6.07, 6.45) is 1.18. The molecule has 0 nitrogen and oxygen atoms in total. The largest absolute Gasteiger partial charge is 0.0742 e. The van der Waals surface area contributed by atoms with E-state index in [4.69, 9.17) is 0 Å². The lowest BCUT2D eigenvalue weighted by atomic mass is 9.84. The summed E-state index contributed by atoms with van der Waals surface area (Å²) >= 11 is 2.70. The van der Waals surface area contributed by atoms with E-state index in [1.165, 1.54) is 22.9 Å². The molecule has 0 N–H and O–H groups in total. The maximum atomic E-state index is 2.70. The molecular weight excluding hydrogens is 410 g/mol. The standard InChI is InChI=1S/C21H20IP/c1-2-23(22)21(18-12-6-3-7-13-18,19-14-8-4-9-15-19)20-16-10-5-11-17-20/h3-17H,2H2,1H3. The quantitative estimate of drug-likeness (QED) is 0.237. The van der Waals surface area contributed by atoms with Crippen molar-refractivity contribution in [2.75, 3.05) is 6.16 Å². The minimum absolute atomic E-state index is 0.0611. The Balaban J connectivity index is 2.35. The fraction of sp³-hybridized carbons (Fsp3) is 0.143. The van der Waals surface area contributed by atoms with E-state index in [1.54, 1.807) is 0 Å². The predicted octanol–water partition coefficient (Wildman–Crippen LogP) is 6.83. The summed E-state index contributed by atoms with van der Waals surface area (Å²) in [7, 11) is 0. The van der Waals surface area contributed by atoms with Crippen molar-refractivity contribution >= 4 is 27.6 Å². The molecule has 0 aliphatic heterocycles. The zero-order valence-electron chi connectivity index (χ0n) is 13.2. The molecule has 0 fully saturated rings. The Morgan fingerprint density at radius 3 is 1.22 bits per heavy atom. The molecule has 0 aliphatic carbocycles. The van der Waals surface area contributed by atoms with Crippen LogP contribution in [0.25, 0.3) is 0 Å². The van der Waals surface area contributed by atoms with Crippen molar-refractivity contribution in [1.29, 1.82) is 0 Å². The van der Waals surface area contributed by atoms with Crippen LogP contribution < -0.4 is 0 Å². The van der Waals surface area contributed by atoms with Gasteiger partial charge in [-0.05, 0) is 28.4 Å². The average molecular weight is 430 g/mol. The minimum Gasteiger partial charge on any atom is -0.0622 e. The molecule has 3 rings (SSSR count). The van der Waals surface area contributed by atoms with Gasteiger partial charge in [0.05, 0.1) is 5.16 Å². The van der Waals surface area contributed by atoms with E-state index in [0.29, 0.717) is 0 Å². The monoisotopic (exact) mass is 430 g/mol. The first-order valence-corrected chi connectivity index (χ1v) is 12.2. The summed E-state index contributed by atoms with van der Waals surface area (Å²) in [5, 5.41) is -0.0611. The van der Waals surface area contributed by atoms with Gasteiger partial charge in [-0.3, -0.25) is 0 Å². The number of rotatable bonds is 5. The third kappa shape index (κ3) is 3.09. The third-order valence-electron chi connectivity index (χ3n) is 4.22. The number of hydrogen-bond acceptors (Lipinski definition) is 0. The van der Waals surface area contributed by atoms with Gasteiger partial charge in [-0.1, -0.05) is 120 Å². The Labute approximate surface area is 153 Å². The van der Waals surface area contributed by atoms with Gasteiger partial charge in [-0.2, -0.15) is 0 Å². The highest BCUT2D eigenvalue weighted by Gasteiger charge is 2.41. The Kier molecular flexibility index (Phi) is 5.50. The highest BCUT2D eigenvalue weighted by Crippen LogP contribution is 2.67. The van der Waals surface area contributed by atoms with E-state index in [-0.39, 0.29) is 10.7 Å². The molecule has 0 bridgehead atoms. The molecule has 2 heteroatoms. The molecular formula is C21H20IP. The molecule has 0 saturated carbocycles. The second-order valence-electron chi connectivity index (χ2n) is 5.49. The van der Waals surface area contributed by atoms with Gasteiger partial charge in [0.1, 0.15) is 0 Å². The summed E-state index contributed by atoms with van der Waals surface area (Å²) in [6.45, 7) is 2.31. The Morgan fingerprint density at radius 2 is 0.957 bits per heavy atom. The van der Waals surface area contributed by atoms with Gasteiger partial charge in [-0.15, -0.1) is 0 Å². The van der Waals surface area contributed by atoms with Crippen LogP contribution in [0.15, 0.2) is 91.0 Å². The van der Waals surface area contributed by atoms with Crippen LogP contribution in [0.5, 0.6) is 0 Å². The minimum atomic E-state index is -0.285. The lowest BCUT2D eigenvalue weighted by Gasteiger charge is -2.40. The highest BCUT2D eigenvalue weighted by atomic mass is 127. The Hall–Kier alpha value is -1.18. The first-order valence-electron chi connectivity index (χ1n) is 7.90. The molecule has 0 spiro atoms. The van der Waals surface area contributed by atoms with E-state index in [0.717, 1.165) is 0 Å². The van der Waals surface area contributed by atoms with Crippen molar-refractivity contribution in [3.8, 4) is 0 Å². The third-order valence-corrected chi connectivity index (χ3v) is 10.5. The van der Waals surface area contributed by atoms with E-state index in [9.17, 15) is 0 Å². The molecule has 0 aromatic heterocycles. The van der Waals surface area contributed by atoms with Gasteiger partial charge < -0.3 is 0 Å². The topological polar surface area (TPSA) is 0 Å². The van der Waals surface area contributed by atoms with Crippen LogP contribution in [-0.4, -0.2) is 6.16 Å². The van der Waals surface area contributed by atoms with Gasteiger partial charge >= 0.3 is 0 Å². The first kappa shape index (κ1) is 16.7. The summed E-state index contributed by atoms with van der Waals surface area (Å²) in [4.78, 5) is 0. The molecule has 0 aliphatic rings. The van der Waals surface area contributed by atoms with Crippen LogP contribution in [0.1, 0.15) is 23.6 Å². The molecule has 116 valence electrons. The molecule has 0 saturated heterocycles. The lowest BCUT2D eigenvalue weighted by molar-refractivity contribution is 0.883. The lowest BCUT2D eigenvalue weighted by Crippen LogP contribution is -2.26. The van der Waals surface area contributed by atoms with Crippen LogP contribution in [0.3, 0.4) is 0 Å². The van der Waals surface area contributed by atoms with E-state index in [2.05, 4.69) is 120 Å². The van der Waals surface area contributed by atoms with Gasteiger partial charge in [0, 0.05) is 0 Å². The van der Waals surface area contributed by atoms with E-state index < -0.39 is 0 Å².